The molecule has 0 saturated carbocycles. The maximum absolute atomic E-state index is 12.7. The van der Waals surface area contributed by atoms with Gasteiger partial charge in [0.05, 0.1) is 18.7 Å². The summed E-state index contributed by atoms with van der Waals surface area (Å²) in [7, 11) is 1.52. The minimum absolute atomic E-state index is 0.0618. The summed E-state index contributed by atoms with van der Waals surface area (Å²) in [5.41, 5.74) is 4.35. The molecule has 0 aliphatic carbocycles. The number of aryl methyl sites for hydroxylation is 2. The number of carbonyl (C=O) groups excluding carboxylic acids is 3. The zero-order chi connectivity index (χ0) is 22.7. The largest absolute Gasteiger partial charge is 0.495 e. The molecule has 1 aliphatic rings. The normalized spacial score (nSPS) is 16.7. The molecule has 31 heavy (non-hydrogen) atoms. The molecule has 0 spiro atoms. The third kappa shape index (κ3) is 4.87. The molecular weight excluding hydrogens is 396 g/mol. The summed E-state index contributed by atoms with van der Waals surface area (Å²) in [5, 5.41) is 2.74. The average molecular weight is 424 g/mol. The first kappa shape index (κ1) is 22.3. The molecule has 0 unspecified atom stereocenters. The summed E-state index contributed by atoms with van der Waals surface area (Å²) >= 11 is 0. The molecule has 0 radical (unpaired) electrons. The zero-order valence-corrected chi connectivity index (χ0v) is 18.5. The Labute approximate surface area is 182 Å². The van der Waals surface area contributed by atoms with Crippen molar-refractivity contribution >= 4 is 29.2 Å². The van der Waals surface area contributed by atoms with E-state index in [0.717, 1.165) is 22.4 Å². The predicted molar refractivity (Wildman–Crippen MR) is 118 cm³/mol. The average Bonchev–Trinajstić information content (AvgIpc) is 3.11. The number of amides is 2. The first-order valence-electron chi connectivity index (χ1n) is 10.2. The van der Waals surface area contributed by atoms with Gasteiger partial charge in [-0.1, -0.05) is 18.2 Å². The van der Waals surface area contributed by atoms with Gasteiger partial charge < -0.3 is 19.7 Å². The minimum Gasteiger partial charge on any atom is -0.495 e. The Balaban J connectivity index is 1.63. The van der Waals surface area contributed by atoms with Crippen LogP contribution in [0.4, 0.5) is 11.4 Å². The summed E-state index contributed by atoms with van der Waals surface area (Å²) in [5.74, 6) is -1.25. The summed E-state index contributed by atoms with van der Waals surface area (Å²) < 4.78 is 10.6. The number of hydrogen-bond acceptors (Lipinski definition) is 5. The van der Waals surface area contributed by atoms with Crippen molar-refractivity contribution in [2.24, 2.45) is 5.92 Å². The van der Waals surface area contributed by atoms with Gasteiger partial charge in [-0.2, -0.15) is 0 Å². The van der Waals surface area contributed by atoms with Crippen molar-refractivity contribution in [3.63, 3.8) is 0 Å². The van der Waals surface area contributed by atoms with E-state index in [9.17, 15) is 14.4 Å². The van der Waals surface area contributed by atoms with Gasteiger partial charge in [-0.05, 0) is 62.6 Å². The van der Waals surface area contributed by atoms with Gasteiger partial charge in [-0.15, -0.1) is 0 Å². The lowest BCUT2D eigenvalue weighted by Crippen LogP contribution is -2.33. The number of ether oxygens (including phenoxy) is 2. The first-order chi connectivity index (χ1) is 14.7. The number of esters is 1. The molecule has 2 atom stereocenters. The van der Waals surface area contributed by atoms with E-state index in [2.05, 4.69) is 5.32 Å². The van der Waals surface area contributed by atoms with Crippen molar-refractivity contribution in [2.75, 3.05) is 23.9 Å². The van der Waals surface area contributed by atoms with E-state index < -0.39 is 23.9 Å². The fourth-order valence-corrected chi connectivity index (χ4v) is 3.60. The second-order valence-electron chi connectivity index (χ2n) is 7.90. The molecule has 0 bridgehead atoms. The quantitative estimate of drug-likeness (QED) is 0.717. The van der Waals surface area contributed by atoms with Crippen LogP contribution in [0.3, 0.4) is 0 Å². The number of rotatable bonds is 6. The minimum atomic E-state index is -1.01. The van der Waals surface area contributed by atoms with E-state index >= 15 is 0 Å². The smallest absolute Gasteiger partial charge is 0.312 e. The van der Waals surface area contributed by atoms with Crippen molar-refractivity contribution in [2.45, 2.75) is 40.2 Å². The van der Waals surface area contributed by atoms with Crippen LogP contribution in [0.1, 0.15) is 30.0 Å². The fraction of sp³-hybridized carbons (Fsp3) is 0.375. The van der Waals surface area contributed by atoms with Crippen molar-refractivity contribution in [1.29, 1.82) is 0 Å². The Bertz CT molecular complexity index is 1020. The molecule has 3 rings (SSSR count). The second kappa shape index (κ2) is 9.20. The molecule has 2 amide bonds. The van der Waals surface area contributed by atoms with E-state index in [4.69, 9.17) is 9.47 Å². The number of benzene rings is 2. The Hall–Kier alpha value is -3.35. The molecule has 7 nitrogen and oxygen atoms in total. The lowest BCUT2D eigenvalue weighted by atomic mass is 10.1. The Kier molecular flexibility index (Phi) is 6.63. The molecule has 1 aliphatic heterocycles. The van der Waals surface area contributed by atoms with E-state index in [-0.39, 0.29) is 18.9 Å². The van der Waals surface area contributed by atoms with Crippen LogP contribution in [0.5, 0.6) is 5.75 Å². The zero-order valence-electron chi connectivity index (χ0n) is 18.5. The van der Waals surface area contributed by atoms with Crippen molar-refractivity contribution in [1.82, 2.24) is 0 Å². The van der Waals surface area contributed by atoms with Crippen LogP contribution in [0.25, 0.3) is 0 Å². The third-order valence-corrected chi connectivity index (χ3v) is 5.60. The van der Waals surface area contributed by atoms with Crippen molar-refractivity contribution in [3.8, 4) is 5.75 Å². The van der Waals surface area contributed by atoms with Crippen LogP contribution in [-0.4, -0.2) is 37.5 Å². The van der Waals surface area contributed by atoms with Gasteiger partial charge in [0.1, 0.15) is 5.75 Å². The SMILES string of the molecule is COc1ccc(C)cc1NC(=O)[C@@H](C)OC(=O)[C@H]1CC(=O)N(c2cccc(C)c2C)C1. The summed E-state index contributed by atoms with van der Waals surface area (Å²) in [6, 6.07) is 11.2. The molecule has 1 fully saturated rings. The maximum Gasteiger partial charge on any atom is 0.312 e. The fourth-order valence-electron chi connectivity index (χ4n) is 3.60. The lowest BCUT2D eigenvalue weighted by Gasteiger charge is -2.20. The van der Waals surface area contributed by atoms with Gasteiger partial charge in [0.15, 0.2) is 6.10 Å². The van der Waals surface area contributed by atoms with E-state index in [1.54, 1.807) is 17.0 Å². The number of nitrogens with zero attached hydrogens (tertiary/aromatic N) is 1. The number of carbonyl (C=O) groups is 3. The summed E-state index contributed by atoms with van der Waals surface area (Å²) in [6.45, 7) is 7.58. The van der Waals surface area contributed by atoms with Gasteiger partial charge in [0.25, 0.3) is 5.91 Å². The predicted octanol–water partition coefficient (Wildman–Crippen LogP) is 3.54. The highest BCUT2D eigenvalue weighted by Gasteiger charge is 2.38. The number of methoxy groups -OCH3 is 1. The van der Waals surface area contributed by atoms with E-state index in [0.29, 0.717) is 11.4 Å². The first-order valence-corrected chi connectivity index (χ1v) is 10.2. The lowest BCUT2D eigenvalue weighted by molar-refractivity contribution is -0.157. The maximum atomic E-state index is 12.7. The van der Waals surface area contributed by atoms with Crippen LogP contribution in [0.15, 0.2) is 36.4 Å². The number of anilines is 2. The Morgan fingerprint density at radius 1 is 1.16 bits per heavy atom. The van der Waals surface area contributed by atoms with Crippen LogP contribution >= 0.6 is 0 Å². The number of nitrogens with one attached hydrogen (secondary N) is 1. The van der Waals surface area contributed by atoms with Gasteiger partial charge >= 0.3 is 5.97 Å². The monoisotopic (exact) mass is 424 g/mol. The second-order valence-corrected chi connectivity index (χ2v) is 7.90. The molecule has 2 aromatic carbocycles. The molecule has 164 valence electrons. The van der Waals surface area contributed by atoms with Crippen molar-refractivity contribution in [3.05, 3.63) is 53.1 Å². The molecule has 1 N–H and O–H groups in total. The van der Waals surface area contributed by atoms with E-state index in [1.807, 2.05) is 45.0 Å². The summed E-state index contributed by atoms with van der Waals surface area (Å²) in [4.78, 5) is 39.4. The Morgan fingerprint density at radius 3 is 2.61 bits per heavy atom. The van der Waals surface area contributed by atoms with Crippen LogP contribution < -0.4 is 15.0 Å². The summed E-state index contributed by atoms with van der Waals surface area (Å²) in [6.07, 6.45) is -0.950. The van der Waals surface area contributed by atoms with Gasteiger partial charge in [-0.25, -0.2) is 0 Å². The molecule has 1 saturated heterocycles. The van der Waals surface area contributed by atoms with Crippen LogP contribution in [0, 0.1) is 26.7 Å². The highest BCUT2D eigenvalue weighted by Crippen LogP contribution is 2.30. The van der Waals surface area contributed by atoms with Crippen LogP contribution in [0.2, 0.25) is 0 Å². The topological polar surface area (TPSA) is 84.9 Å². The van der Waals surface area contributed by atoms with E-state index in [1.165, 1.54) is 14.0 Å². The van der Waals surface area contributed by atoms with Gasteiger partial charge in [0, 0.05) is 18.7 Å². The van der Waals surface area contributed by atoms with Crippen LogP contribution in [-0.2, 0) is 19.1 Å². The molecule has 2 aromatic rings. The highest BCUT2D eigenvalue weighted by atomic mass is 16.5. The Morgan fingerprint density at radius 2 is 1.90 bits per heavy atom. The van der Waals surface area contributed by atoms with Gasteiger partial charge in [0.2, 0.25) is 5.91 Å². The molecule has 7 heteroatoms. The standard InChI is InChI=1S/C24H28N2O5/c1-14-9-10-21(30-5)19(11-14)25-23(28)17(4)31-24(29)18-12-22(27)26(13-18)20-8-6-7-15(2)16(20)3/h6-11,17-18H,12-13H2,1-5H3,(H,25,28)/t17-,18+/m1/s1. The third-order valence-electron chi connectivity index (χ3n) is 5.60. The highest BCUT2D eigenvalue weighted by molar-refractivity contribution is 6.01. The van der Waals surface area contributed by atoms with Gasteiger partial charge in [-0.3, -0.25) is 14.4 Å². The number of hydrogen-bond donors (Lipinski definition) is 1. The molecule has 1 heterocycles. The van der Waals surface area contributed by atoms with Crippen molar-refractivity contribution < 1.29 is 23.9 Å². The molecular formula is C24H28N2O5. The molecule has 0 aromatic heterocycles.